The van der Waals surface area contributed by atoms with Crippen LogP contribution < -0.4 is 10.6 Å². The maximum Gasteiger partial charge on any atom is 0.0702 e. The standard InChI is InChI=1S/C47H42N2/c1-47(2)44-18-10-9-17-42(44)43-30-37(23-24-45(43)47)39-27-40(38-16-12-25-48-32-38)29-41(28-39)46-31-36(15-6-3-4-11-26-49-46)35-21-19-34(20-22-35)33-13-7-5-8-14-33/h3-9,11-17,19-24,26-32,46,48-49H,10,18,25H2,1-2H3/b4-3-,15-6+,26-11-,36-31+. The molecule has 0 amide bonds. The van der Waals surface area contributed by atoms with Crippen molar-refractivity contribution in [3.8, 4) is 22.3 Å². The van der Waals surface area contributed by atoms with E-state index in [4.69, 9.17) is 0 Å². The number of dihydropyridines is 1. The molecule has 0 bridgehead atoms. The highest BCUT2D eigenvalue weighted by Crippen LogP contribution is 2.51. The predicted octanol–water partition coefficient (Wildman–Crippen LogP) is 11.3. The topological polar surface area (TPSA) is 24.1 Å². The molecule has 4 aromatic carbocycles. The molecule has 2 heterocycles. The zero-order chi connectivity index (χ0) is 33.2. The fourth-order valence-electron chi connectivity index (χ4n) is 7.69. The van der Waals surface area contributed by atoms with Gasteiger partial charge in [0.2, 0.25) is 0 Å². The first-order chi connectivity index (χ1) is 24.0. The summed E-state index contributed by atoms with van der Waals surface area (Å²) in [4.78, 5) is 0. The Bertz CT molecular complexity index is 2140. The summed E-state index contributed by atoms with van der Waals surface area (Å²) in [7, 11) is 0. The van der Waals surface area contributed by atoms with Crippen LogP contribution in [0.5, 0.6) is 0 Å². The summed E-state index contributed by atoms with van der Waals surface area (Å²) >= 11 is 0. The Morgan fingerprint density at radius 2 is 1.41 bits per heavy atom. The van der Waals surface area contributed by atoms with Gasteiger partial charge in [-0.2, -0.15) is 0 Å². The van der Waals surface area contributed by atoms with Crippen molar-refractivity contribution in [2.75, 3.05) is 6.54 Å². The molecule has 0 fully saturated rings. The third-order valence-corrected chi connectivity index (χ3v) is 10.3. The number of benzene rings is 4. The molecular weight excluding hydrogens is 593 g/mol. The summed E-state index contributed by atoms with van der Waals surface area (Å²) in [6.45, 7) is 5.63. The molecule has 0 aromatic heterocycles. The van der Waals surface area contributed by atoms with E-state index in [1.807, 2.05) is 0 Å². The number of rotatable bonds is 5. The van der Waals surface area contributed by atoms with E-state index in [2.05, 4.69) is 189 Å². The van der Waals surface area contributed by atoms with Gasteiger partial charge in [0, 0.05) is 18.2 Å². The Hall–Kier alpha value is -5.60. The highest BCUT2D eigenvalue weighted by molar-refractivity contribution is 5.89. The molecule has 4 aromatic rings. The Balaban J connectivity index is 1.23. The van der Waals surface area contributed by atoms with Crippen LogP contribution in [-0.4, -0.2) is 6.54 Å². The van der Waals surface area contributed by atoms with E-state index in [0.717, 1.165) is 19.4 Å². The number of nitrogens with one attached hydrogen (secondary N) is 2. The van der Waals surface area contributed by atoms with Crippen LogP contribution >= 0.6 is 0 Å². The molecule has 0 radical (unpaired) electrons. The third kappa shape index (κ3) is 6.11. The van der Waals surface area contributed by atoms with Crippen molar-refractivity contribution in [3.63, 3.8) is 0 Å². The lowest BCUT2D eigenvalue weighted by molar-refractivity contribution is 0.607. The number of hydrogen-bond acceptors (Lipinski definition) is 2. The zero-order valence-electron chi connectivity index (χ0n) is 28.3. The van der Waals surface area contributed by atoms with Crippen LogP contribution in [0.15, 0.2) is 170 Å². The highest BCUT2D eigenvalue weighted by atomic mass is 14.9. The molecule has 4 aliphatic rings. The van der Waals surface area contributed by atoms with Crippen LogP contribution in [0.1, 0.15) is 60.5 Å². The second-order valence-electron chi connectivity index (χ2n) is 13.8. The van der Waals surface area contributed by atoms with E-state index >= 15 is 0 Å². The first kappa shape index (κ1) is 30.7. The van der Waals surface area contributed by atoms with Crippen LogP contribution in [0.2, 0.25) is 0 Å². The van der Waals surface area contributed by atoms with Crippen LogP contribution in [-0.2, 0) is 5.41 Å². The average Bonchev–Trinajstić information content (AvgIpc) is 3.39. The Kier molecular flexibility index (Phi) is 8.23. The first-order valence-electron chi connectivity index (χ1n) is 17.5. The molecule has 0 spiro atoms. The van der Waals surface area contributed by atoms with E-state index in [9.17, 15) is 0 Å². The maximum atomic E-state index is 3.73. The van der Waals surface area contributed by atoms with Gasteiger partial charge >= 0.3 is 0 Å². The fraction of sp³-hybridized carbons (Fsp3) is 0.149. The zero-order valence-corrected chi connectivity index (χ0v) is 28.3. The Morgan fingerprint density at radius 1 is 0.633 bits per heavy atom. The van der Waals surface area contributed by atoms with Gasteiger partial charge in [-0.15, -0.1) is 0 Å². The Morgan fingerprint density at radius 3 is 2.24 bits per heavy atom. The number of allylic oxidation sites excluding steroid dienone is 12. The first-order valence-corrected chi connectivity index (χ1v) is 17.5. The van der Waals surface area contributed by atoms with Crippen molar-refractivity contribution in [1.82, 2.24) is 10.6 Å². The SMILES string of the molecule is CC1(C)C2=C(C=CCC2)c2cc(-c3cc(C4=CNCC=C4)cc(C4\C=C(c5ccc(-c6ccccc6)cc5)/C=C/C=C\C=C/N4)c3)ccc21. The highest BCUT2D eigenvalue weighted by Gasteiger charge is 2.37. The minimum absolute atomic E-state index is 0.0556. The van der Waals surface area contributed by atoms with Gasteiger partial charge in [-0.1, -0.05) is 141 Å². The quantitative estimate of drug-likeness (QED) is 0.228. The van der Waals surface area contributed by atoms with Crippen molar-refractivity contribution >= 4 is 16.7 Å². The molecule has 240 valence electrons. The van der Waals surface area contributed by atoms with Crippen molar-refractivity contribution in [2.45, 2.75) is 38.1 Å². The van der Waals surface area contributed by atoms with E-state index in [-0.39, 0.29) is 11.5 Å². The largest absolute Gasteiger partial charge is 0.387 e. The van der Waals surface area contributed by atoms with Gasteiger partial charge in [0.25, 0.3) is 0 Å². The predicted molar refractivity (Wildman–Crippen MR) is 208 cm³/mol. The van der Waals surface area contributed by atoms with Crippen LogP contribution in [0, 0.1) is 0 Å². The molecule has 8 rings (SSSR count). The summed E-state index contributed by atoms with van der Waals surface area (Å²) in [6, 6.07) is 33.7. The molecule has 2 nitrogen and oxygen atoms in total. The summed E-state index contributed by atoms with van der Waals surface area (Å²) < 4.78 is 0. The van der Waals surface area contributed by atoms with Crippen molar-refractivity contribution in [2.24, 2.45) is 0 Å². The van der Waals surface area contributed by atoms with Crippen LogP contribution in [0.3, 0.4) is 0 Å². The maximum absolute atomic E-state index is 3.73. The van der Waals surface area contributed by atoms with E-state index < -0.39 is 0 Å². The summed E-state index contributed by atoms with van der Waals surface area (Å²) in [5.41, 5.74) is 16.8. The van der Waals surface area contributed by atoms with Crippen LogP contribution in [0.4, 0.5) is 0 Å². The summed E-state index contributed by atoms with van der Waals surface area (Å²) in [6.07, 6.45) is 28.5. The third-order valence-electron chi connectivity index (χ3n) is 10.3. The normalized spacial score (nSPS) is 22.0. The minimum Gasteiger partial charge on any atom is -0.387 e. The fourth-order valence-corrected chi connectivity index (χ4v) is 7.69. The molecule has 0 saturated carbocycles. The molecule has 2 heteroatoms. The van der Waals surface area contributed by atoms with E-state index in [0.29, 0.717) is 0 Å². The molecule has 2 N–H and O–H groups in total. The molecular formula is C47H42N2. The molecule has 0 saturated heterocycles. The monoisotopic (exact) mass is 634 g/mol. The molecule has 1 unspecified atom stereocenters. The van der Waals surface area contributed by atoms with Gasteiger partial charge in [0.15, 0.2) is 0 Å². The average molecular weight is 635 g/mol. The van der Waals surface area contributed by atoms with Crippen molar-refractivity contribution < 1.29 is 0 Å². The van der Waals surface area contributed by atoms with Gasteiger partial charge in [0.05, 0.1) is 6.04 Å². The minimum atomic E-state index is -0.0556. The molecule has 1 atom stereocenters. The summed E-state index contributed by atoms with van der Waals surface area (Å²) in [5, 5.41) is 7.16. The van der Waals surface area contributed by atoms with Gasteiger partial charge in [-0.05, 0) is 116 Å². The van der Waals surface area contributed by atoms with Gasteiger partial charge in [0.1, 0.15) is 0 Å². The number of fused-ring (bicyclic) bond motifs is 2. The molecule has 2 aliphatic heterocycles. The van der Waals surface area contributed by atoms with Gasteiger partial charge < -0.3 is 10.6 Å². The lowest BCUT2D eigenvalue weighted by Crippen LogP contribution is -2.17. The van der Waals surface area contributed by atoms with E-state index in [1.54, 1.807) is 5.57 Å². The lowest BCUT2D eigenvalue weighted by Gasteiger charge is -2.25. The van der Waals surface area contributed by atoms with Crippen LogP contribution in [0.25, 0.3) is 39.0 Å². The number of hydrogen-bond donors (Lipinski definition) is 2. The molecule has 2 aliphatic carbocycles. The second-order valence-corrected chi connectivity index (χ2v) is 13.8. The second kappa shape index (κ2) is 13.1. The summed E-state index contributed by atoms with van der Waals surface area (Å²) in [5.74, 6) is 0. The Labute approximate surface area is 291 Å². The lowest BCUT2D eigenvalue weighted by atomic mass is 9.78. The van der Waals surface area contributed by atoms with E-state index in [1.165, 1.54) is 66.8 Å². The molecule has 49 heavy (non-hydrogen) atoms. The van der Waals surface area contributed by atoms with Gasteiger partial charge in [-0.25, -0.2) is 0 Å². The smallest absolute Gasteiger partial charge is 0.0702 e. The van der Waals surface area contributed by atoms with Crippen molar-refractivity contribution in [1.29, 1.82) is 0 Å². The van der Waals surface area contributed by atoms with Gasteiger partial charge in [-0.3, -0.25) is 0 Å². The van der Waals surface area contributed by atoms with Crippen molar-refractivity contribution in [3.05, 3.63) is 198 Å².